The molecule has 2 fully saturated rings. The number of benzene rings is 6. The van der Waals surface area contributed by atoms with Crippen LogP contribution in [0.1, 0.15) is 70.7 Å². The SMILES string of the molecule is CCOC(=O)[C@@H](C)OP(=O)(CC=O)Oc1ccccc1.CCOC(=O)[C@@H](C)OP(=O)(CCN1CCN(Cc2ccc(C(=O)Nc3ccc(C)c(Nc4nccc(-c5cccnc5)n4)c3)cc2)CC1)Oc1ccccc1.Cc1ccc(NC(=O)c2ccc(CN3CCNCC3)cc2)cc1Nc1nccc(-c2cccnc2)n1. The fourth-order valence-electron chi connectivity index (χ4n) is 11.5. The van der Waals surface area contributed by atoms with Gasteiger partial charge in [0.05, 0.1) is 30.8 Å². The van der Waals surface area contributed by atoms with E-state index in [1.54, 1.807) is 106 Å². The number of nitrogens with zero attached hydrogens (tertiary/aromatic N) is 9. The highest BCUT2D eigenvalue weighted by Gasteiger charge is 2.35. The molecule has 6 aromatic carbocycles. The van der Waals surface area contributed by atoms with Crippen LogP contribution in [0, 0.1) is 13.8 Å². The Labute approximate surface area is 646 Å². The molecule has 0 radical (unpaired) electrons. The minimum atomic E-state index is -3.74. The van der Waals surface area contributed by atoms with Crippen molar-refractivity contribution in [2.24, 2.45) is 0 Å². The number of amides is 2. The number of rotatable bonds is 31. The van der Waals surface area contributed by atoms with Crippen LogP contribution in [0.5, 0.6) is 11.5 Å². The summed E-state index contributed by atoms with van der Waals surface area (Å²) < 4.78 is 58.0. The quantitative estimate of drug-likeness (QED) is 0.0153. The number of hydrogen-bond donors (Lipinski definition) is 5. The lowest BCUT2D eigenvalue weighted by Gasteiger charge is -2.35. The molecule has 6 heterocycles. The Kier molecular flexibility index (Phi) is 30.8. The molecule has 29 heteroatoms. The molecule has 0 bridgehead atoms. The number of aldehydes is 1. The molecule has 5 N–H and O–H groups in total. The van der Waals surface area contributed by atoms with E-state index in [1.807, 2.05) is 141 Å². The van der Waals surface area contributed by atoms with E-state index in [0.29, 0.717) is 58.7 Å². The molecule has 2 amide bonds. The predicted molar refractivity (Wildman–Crippen MR) is 428 cm³/mol. The number of hydrogen-bond acceptors (Lipinski definition) is 25. The first-order chi connectivity index (χ1) is 53.8. The Morgan fingerprint density at radius 1 is 0.514 bits per heavy atom. The van der Waals surface area contributed by atoms with Crippen molar-refractivity contribution >= 4 is 79.9 Å². The van der Waals surface area contributed by atoms with E-state index in [2.05, 4.69) is 71.2 Å². The van der Waals surface area contributed by atoms with E-state index in [9.17, 15) is 33.1 Å². The summed E-state index contributed by atoms with van der Waals surface area (Å²) in [5.74, 6) is 0.0457. The van der Waals surface area contributed by atoms with Crippen molar-refractivity contribution in [3.8, 4) is 34.0 Å². The molecular weight excluding hydrogens is 1450 g/mol. The second kappa shape index (κ2) is 41.5. The zero-order valence-electron chi connectivity index (χ0n) is 62.8. The number of ether oxygens (including phenoxy) is 2. The van der Waals surface area contributed by atoms with Gasteiger partial charge in [0, 0.05) is 154 Å². The van der Waals surface area contributed by atoms with Crippen molar-refractivity contribution in [3.63, 3.8) is 0 Å². The van der Waals surface area contributed by atoms with Crippen molar-refractivity contribution in [2.75, 3.05) is 106 Å². The van der Waals surface area contributed by atoms with Crippen molar-refractivity contribution < 1.29 is 60.7 Å². The number of esters is 2. The van der Waals surface area contributed by atoms with Crippen molar-refractivity contribution in [2.45, 2.75) is 66.8 Å². The lowest BCUT2D eigenvalue weighted by Crippen LogP contribution is -2.46. The minimum Gasteiger partial charge on any atom is -0.464 e. The number of carbonyl (C=O) groups excluding carboxylic acids is 5. The van der Waals surface area contributed by atoms with Gasteiger partial charge in [-0.3, -0.25) is 38.4 Å². The first-order valence-electron chi connectivity index (χ1n) is 36.5. The molecule has 12 rings (SSSR count). The molecule has 578 valence electrons. The van der Waals surface area contributed by atoms with Gasteiger partial charge in [0.15, 0.2) is 12.2 Å². The Bertz CT molecular complexity index is 4760. The van der Waals surface area contributed by atoms with E-state index in [1.165, 1.54) is 19.4 Å². The van der Waals surface area contributed by atoms with Gasteiger partial charge >= 0.3 is 27.1 Å². The first-order valence-corrected chi connectivity index (χ1v) is 40.0. The maximum absolute atomic E-state index is 13.8. The number of aryl methyl sites for hydroxylation is 2. The third kappa shape index (κ3) is 25.9. The number of anilines is 6. The summed E-state index contributed by atoms with van der Waals surface area (Å²) in [5.41, 5.74) is 11.8. The van der Waals surface area contributed by atoms with Gasteiger partial charge in [-0.15, -0.1) is 0 Å². The predicted octanol–water partition coefficient (Wildman–Crippen LogP) is 13.9. The Balaban J connectivity index is 0.000000199. The van der Waals surface area contributed by atoms with Crippen LogP contribution in [0.3, 0.4) is 0 Å². The number of aromatic nitrogens is 6. The van der Waals surface area contributed by atoms with E-state index in [-0.39, 0.29) is 31.2 Å². The van der Waals surface area contributed by atoms with Gasteiger partial charge in [-0.25, -0.2) is 38.7 Å². The fourth-order valence-corrected chi connectivity index (χ4v) is 14.7. The highest BCUT2D eigenvalue weighted by molar-refractivity contribution is 7.55. The van der Waals surface area contributed by atoms with Crippen LogP contribution >= 0.6 is 15.2 Å². The molecule has 0 spiro atoms. The maximum Gasteiger partial charge on any atom is 0.387 e. The van der Waals surface area contributed by atoms with Crippen molar-refractivity contribution in [3.05, 3.63) is 253 Å². The topological polar surface area (TPSA) is 322 Å². The van der Waals surface area contributed by atoms with E-state index >= 15 is 0 Å². The molecule has 2 aliphatic heterocycles. The van der Waals surface area contributed by atoms with Crippen LogP contribution in [0.25, 0.3) is 22.5 Å². The largest absolute Gasteiger partial charge is 0.464 e. The highest BCUT2D eigenvalue weighted by atomic mass is 31.2. The average Bonchev–Trinajstić information content (AvgIpc) is 0.752. The molecule has 10 aromatic rings. The Morgan fingerprint density at radius 3 is 1.38 bits per heavy atom. The van der Waals surface area contributed by atoms with E-state index in [0.717, 1.165) is 116 Å². The highest BCUT2D eigenvalue weighted by Crippen LogP contribution is 2.50. The average molecular weight is 1540 g/mol. The second-order valence-corrected chi connectivity index (χ2v) is 29.9. The van der Waals surface area contributed by atoms with Crippen molar-refractivity contribution in [1.29, 1.82) is 0 Å². The van der Waals surface area contributed by atoms with Crippen LogP contribution in [-0.4, -0.2) is 171 Å². The number of para-hydroxylation sites is 2. The summed E-state index contributed by atoms with van der Waals surface area (Å²) >= 11 is 0. The Hall–Kier alpha value is -11.3. The lowest BCUT2D eigenvalue weighted by molar-refractivity contribution is -0.151. The third-order valence-electron chi connectivity index (χ3n) is 17.5. The zero-order chi connectivity index (χ0) is 78.4. The minimum absolute atomic E-state index is 0.130. The van der Waals surface area contributed by atoms with Gasteiger partial charge in [0.1, 0.15) is 23.9 Å². The summed E-state index contributed by atoms with van der Waals surface area (Å²) in [5, 5.41) is 15.9. The van der Waals surface area contributed by atoms with Crippen molar-refractivity contribution in [1.82, 2.24) is 49.9 Å². The van der Waals surface area contributed by atoms with Crippen LogP contribution in [0.15, 0.2) is 219 Å². The van der Waals surface area contributed by atoms with E-state index in [4.69, 9.17) is 27.6 Å². The van der Waals surface area contributed by atoms with Gasteiger partial charge in [0.2, 0.25) is 11.9 Å². The molecule has 0 aliphatic carbocycles. The van der Waals surface area contributed by atoms with Gasteiger partial charge in [-0.05, 0) is 173 Å². The first kappa shape index (κ1) is 82.2. The molecule has 27 nitrogen and oxygen atoms in total. The molecule has 2 saturated heterocycles. The normalized spacial score (nSPS) is 14.6. The molecule has 2 aliphatic rings. The third-order valence-corrected chi connectivity index (χ3v) is 21.1. The molecule has 0 saturated carbocycles. The molecule has 2 unspecified atom stereocenters. The van der Waals surface area contributed by atoms with Gasteiger partial charge in [-0.1, -0.05) is 72.8 Å². The maximum atomic E-state index is 13.8. The number of carbonyl (C=O) groups is 5. The van der Waals surface area contributed by atoms with Crippen LogP contribution in [0.2, 0.25) is 0 Å². The number of pyridine rings is 2. The summed E-state index contributed by atoms with van der Waals surface area (Å²) in [7, 11) is -7.42. The van der Waals surface area contributed by atoms with E-state index < -0.39 is 45.5 Å². The summed E-state index contributed by atoms with van der Waals surface area (Å²) in [6.45, 7) is 20.1. The lowest BCUT2D eigenvalue weighted by atomic mass is 10.1. The van der Waals surface area contributed by atoms with Gasteiger partial charge < -0.3 is 54.8 Å². The van der Waals surface area contributed by atoms with Gasteiger partial charge in [-0.2, -0.15) is 0 Å². The fraction of sp³-hybridized carbons (Fsp3) is 0.280. The molecule has 111 heavy (non-hydrogen) atoms. The van der Waals surface area contributed by atoms with Crippen LogP contribution < -0.4 is 35.6 Å². The van der Waals surface area contributed by atoms with Gasteiger partial charge in [0.25, 0.3) is 11.8 Å². The molecule has 4 aromatic heterocycles. The number of piperazine rings is 2. The zero-order valence-corrected chi connectivity index (χ0v) is 64.6. The van der Waals surface area contributed by atoms with Crippen LogP contribution in [0.4, 0.5) is 34.6 Å². The number of nitrogens with one attached hydrogen (secondary N) is 5. The van der Waals surface area contributed by atoms with Crippen LogP contribution in [-0.2, 0) is 55.1 Å². The standard InChI is InChI=1S/C41H46N7O6P.C28H29N7O.C13H17O6P/c1-4-52-40(50)31(3)53-55(51,54-36-10-6-5-7-11-36)26-25-47-21-23-48(24-22-47)29-32-13-15-33(16-14-32)39(49)44-35-17-12-30(2)38(27-35)46-41-43-20-18-37(45-41)34-9-8-19-42-28-34;1-20-4-9-24(17-26(20)34-28-31-12-10-25(33-28)23-3-2-11-30-18-23)32-27(36)22-7-5-21(6-8-22)19-35-15-13-29-14-16-35;1-3-17-13(15)11(2)18-20(16,10-9-14)19-12-7-5-4-6-8-12/h5-20,27-28,31H,4,21-26,29H2,1-3H3,(H,44,49)(H,43,45,46);2-12,17-18,29H,13-16,19H2,1H3,(H,32,36)(H,31,33,34);4-9,11H,3,10H2,1-2H3/t31-,55?;;11-,20?/m1.1/s1. The molecule has 4 atom stereocenters. The second-order valence-electron chi connectivity index (χ2n) is 25.9. The summed E-state index contributed by atoms with van der Waals surface area (Å²) in [4.78, 5) is 93.8. The summed E-state index contributed by atoms with van der Waals surface area (Å²) in [6.07, 6.45) is 8.40. The summed E-state index contributed by atoms with van der Waals surface area (Å²) in [6, 6.07) is 55.4. The molecular formula is C82H92N14O13P2. The monoisotopic (exact) mass is 1540 g/mol. The smallest absolute Gasteiger partial charge is 0.387 e. The Morgan fingerprint density at radius 2 is 0.946 bits per heavy atom.